The van der Waals surface area contributed by atoms with E-state index < -0.39 is 0 Å². The molecule has 1 rings (SSSR count). The molecule has 1 atom stereocenters. The zero-order valence-electron chi connectivity index (χ0n) is 10.9. The van der Waals surface area contributed by atoms with Crippen LogP contribution in [0.2, 0.25) is 0 Å². The molecule has 0 amide bonds. The lowest BCUT2D eigenvalue weighted by molar-refractivity contribution is 0.198. The predicted octanol–water partition coefficient (Wildman–Crippen LogP) is 2.14. The number of ether oxygens (including phenoxy) is 1. The van der Waals surface area contributed by atoms with E-state index in [1.165, 1.54) is 0 Å². The van der Waals surface area contributed by atoms with Crippen molar-refractivity contribution in [2.24, 2.45) is 0 Å². The average molecular weight is 238 g/mol. The summed E-state index contributed by atoms with van der Waals surface area (Å²) in [6.07, 6.45) is 3.61. The number of anilines is 2. The summed E-state index contributed by atoms with van der Waals surface area (Å²) in [6.45, 7) is 5.89. The maximum atomic E-state index is 4.99. The quantitative estimate of drug-likeness (QED) is 0.679. The molecule has 2 N–H and O–H groups in total. The van der Waals surface area contributed by atoms with Crippen LogP contribution in [0.1, 0.15) is 26.7 Å². The summed E-state index contributed by atoms with van der Waals surface area (Å²) in [5.41, 5.74) is 0. The Morgan fingerprint density at radius 1 is 1.35 bits per heavy atom. The fraction of sp³-hybridized carbons (Fsp3) is 0.667. The third-order valence-electron chi connectivity index (χ3n) is 2.51. The molecular formula is C12H22N4O. The van der Waals surface area contributed by atoms with E-state index in [9.17, 15) is 0 Å². The largest absolute Gasteiger partial charge is 0.385 e. The van der Waals surface area contributed by atoms with Gasteiger partial charge in [-0.05, 0) is 19.8 Å². The highest BCUT2D eigenvalue weighted by Crippen LogP contribution is 2.10. The van der Waals surface area contributed by atoms with Crippen molar-refractivity contribution in [1.29, 1.82) is 0 Å². The molecule has 0 aliphatic rings. The van der Waals surface area contributed by atoms with Gasteiger partial charge in [0.15, 0.2) is 0 Å². The predicted molar refractivity (Wildman–Crippen MR) is 70.4 cm³/mol. The standard InChI is InChI=1S/C12H22N4O/c1-4-10(2)16-12-8-11(14-9-15-12)13-6-5-7-17-3/h8-10H,4-7H2,1-3H3,(H2,13,14,15,16). The molecule has 0 radical (unpaired) electrons. The summed E-state index contributed by atoms with van der Waals surface area (Å²) < 4.78 is 4.99. The number of aromatic nitrogens is 2. The topological polar surface area (TPSA) is 59.1 Å². The van der Waals surface area contributed by atoms with Gasteiger partial charge in [0.25, 0.3) is 0 Å². The number of hydrogen-bond acceptors (Lipinski definition) is 5. The number of nitrogens with zero attached hydrogens (tertiary/aromatic N) is 2. The maximum absolute atomic E-state index is 4.99. The Morgan fingerprint density at radius 2 is 2.12 bits per heavy atom. The minimum absolute atomic E-state index is 0.422. The fourth-order valence-electron chi connectivity index (χ4n) is 1.32. The van der Waals surface area contributed by atoms with Crippen molar-refractivity contribution in [2.75, 3.05) is 30.9 Å². The van der Waals surface area contributed by atoms with Crippen LogP contribution in [0.15, 0.2) is 12.4 Å². The van der Waals surface area contributed by atoms with Crippen LogP contribution in [0.5, 0.6) is 0 Å². The normalized spacial score (nSPS) is 12.2. The van der Waals surface area contributed by atoms with E-state index >= 15 is 0 Å². The average Bonchev–Trinajstić information content (AvgIpc) is 2.35. The summed E-state index contributed by atoms with van der Waals surface area (Å²) in [7, 11) is 1.71. The van der Waals surface area contributed by atoms with Crippen molar-refractivity contribution < 1.29 is 4.74 Å². The first-order valence-corrected chi connectivity index (χ1v) is 6.07. The second-order valence-corrected chi connectivity index (χ2v) is 4.02. The van der Waals surface area contributed by atoms with Gasteiger partial charge in [0, 0.05) is 32.4 Å². The minimum atomic E-state index is 0.422. The first-order valence-electron chi connectivity index (χ1n) is 6.07. The van der Waals surface area contributed by atoms with Crippen LogP contribution in [0.25, 0.3) is 0 Å². The van der Waals surface area contributed by atoms with Crippen LogP contribution in [0.3, 0.4) is 0 Å². The number of hydrogen-bond donors (Lipinski definition) is 2. The van der Waals surface area contributed by atoms with Gasteiger partial charge in [-0.3, -0.25) is 0 Å². The number of nitrogens with one attached hydrogen (secondary N) is 2. The molecule has 1 unspecified atom stereocenters. The second-order valence-electron chi connectivity index (χ2n) is 4.02. The lowest BCUT2D eigenvalue weighted by Gasteiger charge is -2.12. The first kappa shape index (κ1) is 13.7. The Balaban J connectivity index is 2.42. The van der Waals surface area contributed by atoms with E-state index in [1.807, 2.05) is 6.07 Å². The van der Waals surface area contributed by atoms with Gasteiger partial charge >= 0.3 is 0 Å². The molecule has 1 aromatic rings. The molecule has 5 heteroatoms. The molecule has 0 bridgehead atoms. The van der Waals surface area contributed by atoms with Gasteiger partial charge in [0.05, 0.1) is 0 Å². The van der Waals surface area contributed by atoms with Gasteiger partial charge in [-0.25, -0.2) is 9.97 Å². The van der Waals surface area contributed by atoms with Crippen molar-refractivity contribution in [3.05, 3.63) is 12.4 Å². The third-order valence-corrected chi connectivity index (χ3v) is 2.51. The zero-order chi connectivity index (χ0) is 12.5. The first-order chi connectivity index (χ1) is 8.26. The fourth-order valence-corrected chi connectivity index (χ4v) is 1.32. The molecule has 0 spiro atoms. The van der Waals surface area contributed by atoms with E-state index in [2.05, 4.69) is 34.4 Å². The maximum Gasteiger partial charge on any atom is 0.131 e. The molecule has 0 saturated carbocycles. The molecule has 17 heavy (non-hydrogen) atoms. The molecule has 0 aliphatic heterocycles. The molecule has 0 fully saturated rings. The Morgan fingerprint density at radius 3 is 2.82 bits per heavy atom. The SMILES string of the molecule is CCC(C)Nc1cc(NCCCOC)ncn1. The molecule has 0 saturated heterocycles. The Labute approximate surface area is 103 Å². The van der Waals surface area contributed by atoms with E-state index in [0.29, 0.717) is 6.04 Å². The van der Waals surface area contributed by atoms with E-state index in [0.717, 1.165) is 37.6 Å². The van der Waals surface area contributed by atoms with Crippen molar-refractivity contribution in [2.45, 2.75) is 32.7 Å². The van der Waals surface area contributed by atoms with Gasteiger partial charge in [-0.2, -0.15) is 0 Å². The van der Waals surface area contributed by atoms with Gasteiger partial charge in [-0.1, -0.05) is 6.92 Å². The van der Waals surface area contributed by atoms with Crippen LogP contribution < -0.4 is 10.6 Å². The lowest BCUT2D eigenvalue weighted by atomic mass is 10.2. The van der Waals surface area contributed by atoms with Gasteiger partial charge in [0.2, 0.25) is 0 Å². The van der Waals surface area contributed by atoms with Crippen molar-refractivity contribution in [3.63, 3.8) is 0 Å². The Hall–Kier alpha value is -1.36. The zero-order valence-corrected chi connectivity index (χ0v) is 10.9. The van der Waals surface area contributed by atoms with Crippen molar-refractivity contribution in [3.8, 4) is 0 Å². The molecule has 96 valence electrons. The van der Waals surface area contributed by atoms with Gasteiger partial charge < -0.3 is 15.4 Å². The van der Waals surface area contributed by atoms with Gasteiger partial charge in [0.1, 0.15) is 18.0 Å². The second kappa shape index (κ2) is 7.84. The van der Waals surface area contributed by atoms with Gasteiger partial charge in [-0.15, -0.1) is 0 Å². The highest BCUT2D eigenvalue weighted by Gasteiger charge is 2.01. The van der Waals surface area contributed by atoms with E-state index in [-0.39, 0.29) is 0 Å². The highest BCUT2D eigenvalue weighted by molar-refractivity contribution is 5.46. The monoisotopic (exact) mass is 238 g/mol. The Bertz CT molecular complexity index is 319. The molecule has 1 heterocycles. The molecule has 0 aliphatic carbocycles. The van der Waals surface area contributed by atoms with Crippen molar-refractivity contribution in [1.82, 2.24) is 9.97 Å². The summed E-state index contributed by atoms with van der Waals surface area (Å²) in [6, 6.07) is 2.35. The van der Waals surface area contributed by atoms with Crippen LogP contribution in [-0.4, -0.2) is 36.3 Å². The van der Waals surface area contributed by atoms with Crippen molar-refractivity contribution >= 4 is 11.6 Å². The molecular weight excluding hydrogens is 216 g/mol. The smallest absolute Gasteiger partial charge is 0.131 e. The molecule has 5 nitrogen and oxygen atoms in total. The van der Waals surface area contributed by atoms with E-state index in [1.54, 1.807) is 13.4 Å². The van der Waals surface area contributed by atoms with Crippen LogP contribution in [-0.2, 0) is 4.74 Å². The van der Waals surface area contributed by atoms with Crippen LogP contribution in [0.4, 0.5) is 11.6 Å². The number of rotatable bonds is 8. The Kier molecular flexibility index (Phi) is 6.32. The molecule has 1 aromatic heterocycles. The summed E-state index contributed by atoms with van der Waals surface area (Å²) in [5, 5.41) is 6.56. The molecule has 0 aromatic carbocycles. The third kappa shape index (κ3) is 5.49. The lowest BCUT2D eigenvalue weighted by Crippen LogP contribution is -2.15. The minimum Gasteiger partial charge on any atom is -0.385 e. The summed E-state index contributed by atoms with van der Waals surface area (Å²) >= 11 is 0. The number of methoxy groups -OCH3 is 1. The summed E-state index contributed by atoms with van der Waals surface area (Å²) in [5.74, 6) is 1.71. The van der Waals surface area contributed by atoms with Crippen LogP contribution in [0, 0.1) is 0 Å². The summed E-state index contributed by atoms with van der Waals surface area (Å²) in [4.78, 5) is 8.35. The van der Waals surface area contributed by atoms with E-state index in [4.69, 9.17) is 4.74 Å². The van der Waals surface area contributed by atoms with Crippen LogP contribution >= 0.6 is 0 Å². The highest BCUT2D eigenvalue weighted by atomic mass is 16.5.